The molecular weight excluding hydrogens is 577 g/mol. The minimum atomic E-state index is -0.0908. The molecule has 1 aliphatic rings. The molecule has 1 heterocycles. The number of allylic oxidation sites excluding steroid dienone is 1. The number of nitrogens with one attached hydrogen (secondary N) is 1. The number of nitrogens with two attached hydrogens (primary N) is 2. The van der Waals surface area contributed by atoms with E-state index in [0.29, 0.717) is 41.9 Å². The summed E-state index contributed by atoms with van der Waals surface area (Å²) in [6.45, 7) is 15.0. The fraction of sp³-hybridized carbons (Fsp3) is 0.514. The van der Waals surface area contributed by atoms with Crippen LogP contribution in [0.5, 0.6) is 0 Å². The summed E-state index contributed by atoms with van der Waals surface area (Å²) >= 11 is 12.6. The first kappa shape index (κ1) is 35.3. The van der Waals surface area contributed by atoms with E-state index in [0.717, 1.165) is 67.7 Å². The Labute approximate surface area is 269 Å². The number of benzene rings is 2. The highest BCUT2D eigenvalue weighted by Gasteiger charge is 2.36. The lowest BCUT2D eigenvalue weighted by atomic mass is 9.93. The number of piperazine rings is 1. The predicted molar refractivity (Wildman–Crippen MR) is 185 cm³/mol. The SMILES string of the molecule is C=Cc1ccc(CC(=O)N2CC(CCCNCCN)N(C[C@H](N)Cc3ccc(Cl)cc3Cl)C[C@H]2CC(C)C)cc1/C=C\C. The molecule has 8 heteroatoms. The number of nitrogens with zero attached hydrogens (tertiary/aromatic N) is 2. The monoisotopic (exact) mass is 627 g/mol. The lowest BCUT2D eigenvalue weighted by Gasteiger charge is -2.48. The first-order valence-electron chi connectivity index (χ1n) is 15.7. The van der Waals surface area contributed by atoms with E-state index in [9.17, 15) is 4.79 Å². The van der Waals surface area contributed by atoms with E-state index >= 15 is 0 Å². The summed E-state index contributed by atoms with van der Waals surface area (Å²) in [6.07, 6.45) is 9.93. The fourth-order valence-electron chi connectivity index (χ4n) is 6.10. The normalized spacial score (nSPS) is 18.5. The molecule has 0 aromatic heterocycles. The number of carbonyl (C=O) groups is 1. The van der Waals surface area contributed by atoms with Crippen LogP contribution in [0, 0.1) is 5.92 Å². The zero-order valence-electron chi connectivity index (χ0n) is 26.2. The van der Waals surface area contributed by atoms with E-state index < -0.39 is 0 Å². The molecule has 5 N–H and O–H groups in total. The molecule has 0 aliphatic carbocycles. The molecule has 1 aliphatic heterocycles. The van der Waals surface area contributed by atoms with Crippen molar-refractivity contribution >= 4 is 41.3 Å². The van der Waals surface area contributed by atoms with Gasteiger partial charge in [0.05, 0.1) is 6.42 Å². The van der Waals surface area contributed by atoms with E-state index in [1.807, 2.05) is 31.2 Å². The van der Waals surface area contributed by atoms with Crippen molar-refractivity contribution < 1.29 is 4.79 Å². The predicted octanol–water partition coefficient (Wildman–Crippen LogP) is 6.04. The van der Waals surface area contributed by atoms with Gasteiger partial charge in [0.1, 0.15) is 0 Å². The lowest BCUT2D eigenvalue weighted by molar-refractivity contribution is -0.138. The number of halogens is 2. The van der Waals surface area contributed by atoms with E-state index in [4.69, 9.17) is 34.7 Å². The third-order valence-corrected chi connectivity index (χ3v) is 8.71. The Balaban J connectivity index is 1.80. The quantitative estimate of drug-likeness (QED) is 0.198. The molecule has 3 atom stereocenters. The Kier molecular flexibility index (Phi) is 14.7. The van der Waals surface area contributed by atoms with Crippen LogP contribution in [0.15, 0.2) is 49.1 Å². The molecule has 0 saturated carbocycles. The molecule has 2 aromatic rings. The molecule has 1 saturated heterocycles. The second kappa shape index (κ2) is 17.9. The number of carbonyl (C=O) groups excluding carboxylic acids is 1. The summed E-state index contributed by atoms with van der Waals surface area (Å²) in [5.41, 5.74) is 16.6. The van der Waals surface area contributed by atoms with Crippen LogP contribution in [0.4, 0.5) is 0 Å². The van der Waals surface area contributed by atoms with E-state index in [1.54, 1.807) is 6.07 Å². The highest BCUT2D eigenvalue weighted by molar-refractivity contribution is 6.35. The molecule has 0 radical (unpaired) electrons. The highest BCUT2D eigenvalue weighted by atomic mass is 35.5. The summed E-state index contributed by atoms with van der Waals surface area (Å²) in [6, 6.07) is 12.1. The summed E-state index contributed by atoms with van der Waals surface area (Å²) in [4.78, 5) is 18.7. The minimum Gasteiger partial charge on any atom is -0.337 e. The zero-order chi connectivity index (χ0) is 31.4. The zero-order valence-corrected chi connectivity index (χ0v) is 27.7. The van der Waals surface area contributed by atoms with Crippen LogP contribution < -0.4 is 16.8 Å². The number of hydrogen-bond donors (Lipinski definition) is 3. The average Bonchev–Trinajstić information content (AvgIpc) is 2.95. The van der Waals surface area contributed by atoms with E-state index in [1.165, 1.54) is 0 Å². The molecule has 1 amide bonds. The molecule has 43 heavy (non-hydrogen) atoms. The molecule has 236 valence electrons. The van der Waals surface area contributed by atoms with Crippen LogP contribution >= 0.6 is 23.2 Å². The van der Waals surface area contributed by atoms with Crippen molar-refractivity contribution in [2.45, 2.75) is 71.0 Å². The van der Waals surface area contributed by atoms with Gasteiger partial charge in [-0.25, -0.2) is 0 Å². The fourth-order valence-corrected chi connectivity index (χ4v) is 6.59. The van der Waals surface area contributed by atoms with Gasteiger partial charge in [-0.3, -0.25) is 9.69 Å². The topological polar surface area (TPSA) is 87.6 Å². The van der Waals surface area contributed by atoms with Gasteiger partial charge in [0.15, 0.2) is 0 Å². The molecule has 0 bridgehead atoms. The van der Waals surface area contributed by atoms with E-state index in [2.05, 4.69) is 59.8 Å². The Bertz CT molecular complexity index is 1220. The molecule has 1 fully saturated rings. The standard InChI is InChI=1S/C35H51Cl2N5O/c1-5-8-28-18-26(10-11-27(28)6-2)19-35(43)42-24-32(9-7-15-40-16-14-38)41(23-33(42)17-25(3)4)22-31(39)20-29-12-13-30(36)21-34(29)37/h5-6,8,10-13,18,21,25,31-33,40H,2,7,9,14-17,19-20,22-24,38-39H2,1,3-4H3/b8-5-/t31-,32?,33-/m1/s1. The van der Waals surface area contributed by atoms with Crippen molar-refractivity contribution in [1.82, 2.24) is 15.1 Å². The van der Waals surface area contributed by atoms with Gasteiger partial charge in [0, 0.05) is 60.9 Å². The van der Waals surface area contributed by atoms with Gasteiger partial charge >= 0.3 is 0 Å². The Morgan fingerprint density at radius 2 is 1.91 bits per heavy atom. The maximum atomic E-state index is 14.0. The van der Waals surface area contributed by atoms with Crippen molar-refractivity contribution in [1.29, 1.82) is 0 Å². The van der Waals surface area contributed by atoms with Gasteiger partial charge in [0.25, 0.3) is 0 Å². The van der Waals surface area contributed by atoms with Crippen molar-refractivity contribution in [3.05, 3.63) is 81.4 Å². The Morgan fingerprint density at radius 3 is 2.58 bits per heavy atom. The summed E-state index contributed by atoms with van der Waals surface area (Å²) in [5, 5.41) is 4.69. The number of rotatable bonds is 16. The van der Waals surface area contributed by atoms with Crippen molar-refractivity contribution in [2.24, 2.45) is 17.4 Å². The first-order valence-corrected chi connectivity index (χ1v) is 16.4. The van der Waals surface area contributed by atoms with Crippen molar-refractivity contribution in [3.63, 3.8) is 0 Å². The molecule has 0 spiro atoms. The number of hydrogen-bond acceptors (Lipinski definition) is 5. The molecule has 6 nitrogen and oxygen atoms in total. The van der Waals surface area contributed by atoms with Crippen LogP contribution in [0.3, 0.4) is 0 Å². The van der Waals surface area contributed by atoms with Crippen LogP contribution in [-0.4, -0.2) is 73.1 Å². The van der Waals surface area contributed by atoms with Gasteiger partial charge in [0.2, 0.25) is 5.91 Å². The van der Waals surface area contributed by atoms with Crippen LogP contribution in [-0.2, 0) is 17.6 Å². The minimum absolute atomic E-state index is 0.0908. The summed E-state index contributed by atoms with van der Waals surface area (Å²) in [7, 11) is 0. The van der Waals surface area contributed by atoms with Crippen LogP contribution in [0.25, 0.3) is 12.2 Å². The summed E-state index contributed by atoms with van der Waals surface area (Å²) < 4.78 is 0. The van der Waals surface area contributed by atoms with Crippen molar-refractivity contribution in [3.8, 4) is 0 Å². The van der Waals surface area contributed by atoms with E-state index in [-0.39, 0.29) is 24.0 Å². The molecular formula is C35H51Cl2N5O. The Hall–Kier alpha value is -2.19. The third kappa shape index (κ3) is 11.0. The largest absolute Gasteiger partial charge is 0.337 e. The summed E-state index contributed by atoms with van der Waals surface area (Å²) in [5.74, 6) is 0.653. The van der Waals surface area contributed by atoms with Gasteiger partial charge in [-0.1, -0.05) is 86.1 Å². The Morgan fingerprint density at radius 1 is 1.12 bits per heavy atom. The third-order valence-electron chi connectivity index (χ3n) is 8.12. The smallest absolute Gasteiger partial charge is 0.227 e. The highest BCUT2D eigenvalue weighted by Crippen LogP contribution is 2.27. The van der Waals surface area contributed by atoms with Crippen molar-refractivity contribution in [2.75, 3.05) is 39.3 Å². The molecule has 2 aromatic carbocycles. The maximum Gasteiger partial charge on any atom is 0.227 e. The lowest BCUT2D eigenvalue weighted by Crippen LogP contribution is -2.62. The van der Waals surface area contributed by atoms with Gasteiger partial charge in [-0.2, -0.15) is 0 Å². The van der Waals surface area contributed by atoms with Gasteiger partial charge in [-0.15, -0.1) is 0 Å². The van der Waals surface area contributed by atoms with Gasteiger partial charge in [-0.05, 0) is 79.5 Å². The number of amides is 1. The molecule has 1 unspecified atom stereocenters. The van der Waals surface area contributed by atoms with Gasteiger partial charge < -0.3 is 21.7 Å². The first-order chi connectivity index (χ1) is 20.6. The second-order valence-corrected chi connectivity index (χ2v) is 13.0. The maximum absolute atomic E-state index is 14.0. The molecule has 3 rings (SSSR count). The van der Waals surface area contributed by atoms with Crippen LogP contribution in [0.1, 0.15) is 62.3 Å². The van der Waals surface area contributed by atoms with Crippen LogP contribution in [0.2, 0.25) is 10.0 Å². The average molecular weight is 629 g/mol. The second-order valence-electron chi connectivity index (χ2n) is 12.2.